The normalized spacial score (nSPS) is 16.9. The van der Waals surface area contributed by atoms with Crippen molar-refractivity contribution in [2.75, 3.05) is 7.05 Å². The van der Waals surface area contributed by atoms with Crippen LogP contribution in [-0.4, -0.2) is 44.3 Å². The molecule has 0 saturated heterocycles. The van der Waals surface area contributed by atoms with Crippen LogP contribution < -0.4 is 11.2 Å². The molecule has 3 rings (SSSR count). The summed E-state index contributed by atoms with van der Waals surface area (Å²) in [6, 6.07) is 3.54. The topological polar surface area (TPSA) is 107 Å². The average molecular weight is 394 g/mol. The number of hydrazone groups is 1. The predicted molar refractivity (Wildman–Crippen MR) is 93.3 cm³/mol. The Labute approximate surface area is 156 Å². The van der Waals surface area contributed by atoms with Crippen LogP contribution in [0.1, 0.15) is 17.2 Å². The minimum atomic E-state index is -1.30. The molecule has 0 spiro atoms. The van der Waals surface area contributed by atoms with Crippen LogP contribution >= 0.6 is 11.6 Å². The Morgan fingerprint density at radius 3 is 2.56 bits per heavy atom. The van der Waals surface area contributed by atoms with Crippen LogP contribution in [0, 0.1) is 5.82 Å². The summed E-state index contributed by atoms with van der Waals surface area (Å²) in [5.41, 5.74) is -1.60. The van der Waals surface area contributed by atoms with Gasteiger partial charge in [-0.15, -0.1) is 0 Å². The molecule has 9 nitrogen and oxygen atoms in total. The number of hydrogen-bond donors (Lipinski definition) is 0. The van der Waals surface area contributed by atoms with Crippen LogP contribution in [0.5, 0.6) is 0 Å². The maximum Gasteiger partial charge on any atom is 0.347 e. The number of likely N-dealkylation sites (N-methyl/N-ethyl adjacent to an activating group) is 1. The lowest BCUT2D eigenvalue weighted by molar-refractivity contribution is -0.144. The van der Waals surface area contributed by atoms with Crippen LogP contribution in [-0.2, 0) is 23.2 Å². The van der Waals surface area contributed by atoms with E-state index in [9.17, 15) is 23.6 Å². The van der Waals surface area contributed by atoms with Gasteiger partial charge in [-0.1, -0.05) is 17.7 Å². The first-order valence-electron chi connectivity index (χ1n) is 7.68. The van der Waals surface area contributed by atoms with Crippen molar-refractivity contribution in [2.24, 2.45) is 12.1 Å². The number of hydrogen-bond acceptors (Lipinski definition) is 6. The lowest BCUT2D eigenvalue weighted by atomic mass is 10.00. The van der Waals surface area contributed by atoms with Crippen molar-refractivity contribution in [3.05, 3.63) is 61.1 Å². The number of ketones is 1. The monoisotopic (exact) mass is 393 g/mol. The number of halogens is 2. The van der Waals surface area contributed by atoms with Crippen molar-refractivity contribution in [1.82, 2.24) is 19.4 Å². The molecule has 11 heteroatoms. The van der Waals surface area contributed by atoms with Gasteiger partial charge in [0, 0.05) is 25.3 Å². The maximum atomic E-state index is 13.2. The third-order valence-electron chi connectivity index (χ3n) is 4.04. The van der Waals surface area contributed by atoms with Crippen LogP contribution in [0.3, 0.4) is 0 Å². The average Bonchev–Trinajstić information content (AvgIpc) is 2.62. The van der Waals surface area contributed by atoms with Gasteiger partial charge in [0.1, 0.15) is 17.4 Å². The minimum absolute atomic E-state index is 0.0365. The second-order valence-electron chi connectivity index (χ2n) is 5.85. The van der Waals surface area contributed by atoms with Gasteiger partial charge in [-0.05, 0) is 17.7 Å². The first kappa shape index (κ1) is 18.6. The van der Waals surface area contributed by atoms with Gasteiger partial charge < -0.3 is 0 Å². The Kier molecular flexibility index (Phi) is 4.75. The molecular formula is C16H13ClFN5O4. The Balaban J connectivity index is 2.13. The molecule has 2 heterocycles. The predicted octanol–water partition coefficient (Wildman–Crippen LogP) is -0.107. The van der Waals surface area contributed by atoms with Crippen molar-refractivity contribution in [3.63, 3.8) is 0 Å². The molecule has 0 bridgehead atoms. The van der Waals surface area contributed by atoms with E-state index in [0.29, 0.717) is 5.56 Å². The Morgan fingerprint density at radius 2 is 1.89 bits per heavy atom. The number of carbonyl (C=O) groups excluding carboxylic acids is 2. The summed E-state index contributed by atoms with van der Waals surface area (Å²) in [6.07, 6.45) is 1.12. The summed E-state index contributed by atoms with van der Waals surface area (Å²) in [5, 5.41) is 8.47. The van der Waals surface area contributed by atoms with Crippen molar-refractivity contribution < 1.29 is 14.0 Å². The van der Waals surface area contributed by atoms with Gasteiger partial charge in [0.15, 0.2) is 0 Å². The summed E-state index contributed by atoms with van der Waals surface area (Å²) < 4.78 is 14.9. The molecule has 27 heavy (non-hydrogen) atoms. The van der Waals surface area contributed by atoms with Gasteiger partial charge in [-0.3, -0.25) is 19.0 Å². The highest BCUT2D eigenvalue weighted by Gasteiger charge is 2.35. The van der Waals surface area contributed by atoms with Crippen molar-refractivity contribution in [3.8, 4) is 0 Å². The zero-order valence-electron chi connectivity index (χ0n) is 14.2. The van der Waals surface area contributed by atoms with Crippen molar-refractivity contribution >= 4 is 29.5 Å². The summed E-state index contributed by atoms with van der Waals surface area (Å²) in [7, 11) is 2.60. The summed E-state index contributed by atoms with van der Waals surface area (Å²) in [6.45, 7) is -0.258. The zero-order chi connectivity index (χ0) is 19.9. The molecule has 1 aromatic heterocycles. The van der Waals surface area contributed by atoms with E-state index in [1.807, 2.05) is 0 Å². The van der Waals surface area contributed by atoms with Gasteiger partial charge in [0.05, 0.1) is 6.54 Å². The van der Waals surface area contributed by atoms with Crippen molar-refractivity contribution in [2.45, 2.75) is 12.5 Å². The maximum absolute atomic E-state index is 13.2. The number of carbonyl (C=O) groups is 2. The molecule has 1 aliphatic heterocycles. The lowest BCUT2D eigenvalue weighted by Crippen LogP contribution is -2.47. The fraction of sp³-hybridized carbons (Fsp3) is 0.250. The fourth-order valence-electron chi connectivity index (χ4n) is 2.58. The summed E-state index contributed by atoms with van der Waals surface area (Å²) >= 11 is 5.97. The van der Waals surface area contributed by atoms with Gasteiger partial charge in [-0.25, -0.2) is 18.9 Å². The second-order valence-corrected chi connectivity index (χ2v) is 6.26. The number of aromatic nitrogens is 3. The molecular weight excluding hydrogens is 381 g/mol. The molecule has 1 aliphatic rings. The van der Waals surface area contributed by atoms with E-state index in [-0.39, 0.29) is 17.3 Å². The Bertz CT molecular complexity index is 1110. The number of amides is 1. The number of Topliss-reactive ketones (excluding diaryl/α,β-unsaturated/α-hetero) is 1. The Hall–Kier alpha value is -3.14. The van der Waals surface area contributed by atoms with E-state index in [0.717, 1.165) is 32.6 Å². The third-order valence-corrected chi connectivity index (χ3v) is 4.40. The molecule has 0 N–H and O–H groups in total. The van der Waals surface area contributed by atoms with Crippen LogP contribution in [0.25, 0.3) is 0 Å². The molecule has 1 aromatic carbocycles. The van der Waals surface area contributed by atoms with E-state index >= 15 is 0 Å². The molecule has 0 aliphatic carbocycles. The standard InChI is InChI=1S/C16H13ClFN5O4/c1-21-15(26)13(24)10(6-19-21)12-14(25)23(16(27)22(2)20-12)7-8-3-4-9(18)5-11(8)17/h3-6,10H,7H2,1-2H3. The highest BCUT2D eigenvalue weighted by Crippen LogP contribution is 2.18. The van der Waals surface area contributed by atoms with Crippen LogP contribution in [0.4, 0.5) is 4.39 Å². The summed E-state index contributed by atoms with van der Waals surface area (Å²) in [4.78, 5) is 49.2. The molecule has 1 amide bonds. The molecule has 140 valence electrons. The van der Waals surface area contributed by atoms with Crippen molar-refractivity contribution in [1.29, 1.82) is 0 Å². The Morgan fingerprint density at radius 1 is 1.19 bits per heavy atom. The van der Waals surface area contributed by atoms with E-state index < -0.39 is 34.7 Å². The zero-order valence-corrected chi connectivity index (χ0v) is 15.0. The quantitative estimate of drug-likeness (QED) is 0.676. The van der Waals surface area contributed by atoms with Gasteiger partial charge in [0.25, 0.3) is 5.56 Å². The van der Waals surface area contributed by atoms with Gasteiger partial charge in [0.2, 0.25) is 5.78 Å². The number of aryl methyl sites for hydroxylation is 1. The first-order chi connectivity index (χ1) is 12.7. The smallest absolute Gasteiger partial charge is 0.287 e. The molecule has 0 saturated carbocycles. The highest BCUT2D eigenvalue weighted by atomic mass is 35.5. The van der Waals surface area contributed by atoms with Crippen LogP contribution in [0.15, 0.2) is 32.9 Å². The SMILES string of the molecule is CN1N=CC(c2nn(C)c(=O)n(Cc3ccc(F)cc3Cl)c2=O)C(=O)C1=O. The number of rotatable bonds is 3. The van der Waals surface area contributed by atoms with Gasteiger partial charge in [-0.2, -0.15) is 10.2 Å². The third kappa shape index (κ3) is 3.31. The van der Waals surface area contributed by atoms with E-state index in [1.165, 1.54) is 20.2 Å². The van der Waals surface area contributed by atoms with Gasteiger partial charge >= 0.3 is 11.6 Å². The molecule has 0 radical (unpaired) electrons. The highest BCUT2D eigenvalue weighted by molar-refractivity contribution is 6.42. The largest absolute Gasteiger partial charge is 0.347 e. The minimum Gasteiger partial charge on any atom is -0.287 e. The number of benzene rings is 1. The van der Waals surface area contributed by atoms with E-state index in [4.69, 9.17) is 11.6 Å². The second kappa shape index (κ2) is 6.88. The van der Waals surface area contributed by atoms with E-state index in [2.05, 4.69) is 10.2 Å². The molecule has 2 aromatic rings. The van der Waals surface area contributed by atoms with E-state index in [1.54, 1.807) is 0 Å². The number of nitrogens with zero attached hydrogens (tertiary/aromatic N) is 5. The summed E-state index contributed by atoms with van der Waals surface area (Å²) in [5.74, 6) is -3.65. The first-order valence-corrected chi connectivity index (χ1v) is 8.06. The molecule has 1 atom stereocenters. The lowest BCUT2D eigenvalue weighted by Gasteiger charge is -2.20. The molecule has 1 unspecified atom stereocenters. The molecule has 0 fully saturated rings. The van der Waals surface area contributed by atoms with Crippen LogP contribution in [0.2, 0.25) is 5.02 Å². The fourth-order valence-corrected chi connectivity index (χ4v) is 2.80.